The zero-order chi connectivity index (χ0) is 17.2. The highest BCUT2D eigenvalue weighted by Gasteiger charge is 2.18. The number of pyridine rings is 1. The van der Waals surface area contributed by atoms with E-state index in [0.29, 0.717) is 24.5 Å². The Kier molecular flexibility index (Phi) is 4.68. The van der Waals surface area contributed by atoms with E-state index in [1.807, 2.05) is 0 Å². The summed E-state index contributed by atoms with van der Waals surface area (Å²) in [5.41, 5.74) is 0.705. The third-order valence-electron chi connectivity index (χ3n) is 3.76. The minimum absolute atomic E-state index is 0.0427. The van der Waals surface area contributed by atoms with Crippen molar-refractivity contribution in [3.63, 3.8) is 0 Å². The molecule has 0 unspecified atom stereocenters. The predicted octanol–water partition coefficient (Wildman–Crippen LogP) is 2.17. The molecule has 0 bridgehead atoms. The number of hydrogen-bond donors (Lipinski definition) is 1. The van der Waals surface area contributed by atoms with Gasteiger partial charge in [0.2, 0.25) is 0 Å². The topological polar surface area (TPSA) is 71.5 Å². The molecule has 1 N–H and O–H groups in total. The Balaban J connectivity index is 1.77. The fourth-order valence-corrected chi connectivity index (χ4v) is 3.82. The Hall–Kier alpha value is -2.19. The number of anilines is 2. The van der Waals surface area contributed by atoms with Crippen LogP contribution < -0.4 is 9.62 Å². The molecule has 128 valence electrons. The molecular weight excluding hydrogens is 333 g/mol. The third-order valence-corrected chi connectivity index (χ3v) is 5.30. The van der Waals surface area contributed by atoms with Gasteiger partial charge in [-0.2, -0.15) is 0 Å². The van der Waals surface area contributed by atoms with Crippen LogP contribution in [0.5, 0.6) is 0 Å². The minimum atomic E-state index is -3.79. The summed E-state index contributed by atoms with van der Waals surface area (Å²) < 4.78 is 45.8. The highest BCUT2D eigenvalue weighted by Crippen LogP contribution is 2.21. The quantitative estimate of drug-likeness (QED) is 0.914. The maximum absolute atomic E-state index is 13.1. The lowest BCUT2D eigenvalue weighted by atomic mass is 10.2. The van der Waals surface area contributed by atoms with Gasteiger partial charge in [0.25, 0.3) is 10.0 Å². The maximum Gasteiger partial charge on any atom is 0.262 e. The summed E-state index contributed by atoms with van der Waals surface area (Å²) >= 11 is 0. The van der Waals surface area contributed by atoms with Crippen LogP contribution in [0.2, 0.25) is 0 Å². The van der Waals surface area contributed by atoms with Gasteiger partial charge in [0, 0.05) is 13.1 Å². The smallest absolute Gasteiger partial charge is 0.262 e. The van der Waals surface area contributed by atoms with Crippen molar-refractivity contribution >= 4 is 21.5 Å². The van der Waals surface area contributed by atoms with E-state index in [1.54, 1.807) is 19.1 Å². The van der Waals surface area contributed by atoms with Crippen molar-refractivity contribution < 1.29 is 17.5 Å². The van der Waals surface area contributed by atoms with E-state index in [4.69, 9.17) is 4.74 Å². The molecular formula is C16H18FN3O3S. The number of hydrogen-bond acceptors (Lipinski definition) is 5. The molecule has 1 aromatic heterocycles. The number of morpholine rings is 1. The van der Waals surface area contributed by atoms with Crippen LogP contribution in [0, 0.1) is 12.7 Å². The van der Waals surface area contributed by atoms with Gasteiger partial charge in [0.05, 0.1) is 30.0 Å². The zero-order valence-electron chi connectivity index (χ0n) is 13.2. The Morgan fingerprint density at radius 3 is 2.58 bits per heavy atom. The monoisotopic (exact) mass is 351 g/mol. The number of sulfonamides is 1. The van der Waals surface area contributed by atoms with Crippen LogP contribution in [0.25, 0.3) is 0 Å². The second kappa shape index (κ2) is 6.74. The number of ether oxygens (including phenoxy) is 1. The van der Waals surface area contributed by atoms with Crippen molar-refractivity contribution in [2.75, 3.05) is 35.9 Å². The van der Waals surface area contributed by atoms with Gasteiger partial charge in [-0.1, -0.05) is 0 Å². The van der Waals surface area contributed by atoms with Gasteiger partial charge in [-0.3, -0.25) is 4.72 Å². The molecule has 1 aliphatic heterocycles. The first-order valence-electron chi connectivity index (χ1n) is 7.53. The maximum atomic E-state index is 13.1. The van der Waals surface area contributed by atoms with Crippen molar-refractivity contribution in [2.45, 2.75) is 11.8 Å². The van der Waals surface area contributed by atoms with E-state index in [2.05, 4.69) is 14.6 Å². The first-order valence-corrected chi connectivity index (χ1v) is 9.02. The number of aromatic nitrogens is 1. The molecule has 1 fully saturated rings. The standard InChI is InChI=1S/C16H18FN3O3S/c1-12-10-13(17)2-4-15(12)24(21,22)19-14-3-5-16(18-11-14)20-6-8-23-9-7-20/h2-5,10-11,19H,6-9H2,1H3. The lowest BCUT2D eigenvalue weighted by molar-refractivity contribution is 0.122. The molecule has 1 aliphatic rings. The summed E-state index contributed by atoms with van der Waals surface area (Å²) in [6.07, 6.45) is 1.47. The Labute approximate surface area is 140 Å². The van der Waals surface area contributed by atoms with Crippen molar-refractivity contribution in [3.8, 4) is 0 Å². The summed E-state index contributed by atoms with van der Waals surface area (Å²) in [4.78, 5) is 6.42. The predicted molar refractivity (Wildman–Crippen MR) is 89.2 cm³/mol. The second-order valence-corrected chi connectivity index (χ2v) is 7.17. The Bertz CT molecular complexity index is 819. The molecule has 0 amide bonds. The summed E-state index contributed by atoms with van der Waals surface area (Å²) in [7, 11) is -3.79. The number of halogens is 1. The van der Waals surface area contributed by atoms with Crippen molar-refractivity contribution in [3.05, 3.63) is 47.9 Å². The van der Waals surface area contributed by atoms with Crippen LogP contribution in [0.15, 0.2) is 41.4 Å². The fourth-order valence-electron chi connectivity index (χ4n) is 2.55. The number of nitrogens with zero attached hydrogens (tertiary/aromatic N) is 2. The number of aryl methyl sites for hydroxylation is 1. The number of nitrogens with one attached hydrogen (secondary N) is 1. The molecule has 1 saturated heterocycles. The first-order chi connectivity index (χ1) is 11.5. The van der Waals surface area contributed by atoms with Crippen LogP contribution in [0.4, 0.5) is 15.9 Å². The zero-order valence-corrected chi connectivity index (χ0v) is 14.0. The highest BCUT2D eigenvalue weighted by molar-refractivity contribution is 7.92. The highest BCUT2D eigenvalue weighted by atomic mass is 32.2. The molecule has 6 nitrogen and oxygen atoms in total. The van der Waals surface area contributed by atoms with E-state index in [-0.39, 0.29) is 4.90 Å². The molecule has 2 heterocycles. The SMILES string of the molecule is Cc1cc(F)ccc1S(=O)(=O)Nc1ccc(N2CCOCC2)nc1. The molecule has 3 rings (SSSR count). The molecule has 8 heteroatoms. The molecule has 0 spiro atoms. The normalized spacial score (nSPS) is 15.3. The van der Waals surface area contributed by atoms with Crippen LogP contribution in [0.3, 0.4) is 0 Å². The Morgan fingerprint density at radius 2 is 1.96 bits per heavy atom. The summed E-state index contributed by atoms with van der Waals surface area (Å²) in [6, 6.07) is 6.99. The van der Waals surface area contributed by atoms with E-state index >= 15 is 0 Å². The summed E-state index contributed by atoms with van der Waals surface area (Å²) in [5.74, 6) is 0.308. The summed E-state index contributed by atoms with van der Waals surface area (Å²) in [6.45, 7) is 4.37. The van der Waals surface area contributed by atoms with Crippen LogP contribution in [-0.2, 0) is 14.8 Å². The molecule has 1 aromatic carbocycles. The minimum Gasteiger partial charge on any atom is -0.378 e. The van der Waals surface area contributed by atoms with E-state index < -0.39 is 15.8 Å². The summed E-state index contributed by atoms with van der Waals surface area (Å²) in [5, 5.41) is 0. The van der Waals surface area contributed by atoms with Crippen LogP contribution in [-0.4, -0.2) is 39.7 Å². The van der Waals surface area contributed by atoms with E-state index in [9.17, 15) is 12.8 Å². The molecule has 0 atom stereocenters. The molecule has 0 radical (unpaired) electrons. The van der Waals surface area contributed by atoms with Crippen molar-refractivity contribution in [2.24, 2.45) is 0 Å². The van der Waals surface area contributed by atoms with Crippen molar-refractivity contribution in [1.82, 2.24) is 4.98 Å². The fraction of sp³-hybridized carbons (Fsp3) is 0.312. The molecule has 2 aromatic rings. The second-order valence-electron chi connectivity index (χ2n) is 5.52. The van der Waals surface area contributed by atoms with Gasteiger partial charge in [0.1, 0.15) is 11.6 Å². The molecule has 24 heavy (non-hydrogen) atoms. The number of rotatable bonds is 4. The average Bonchev–Trinajstić information content (AvgIpc) is 2.55. The largest absolute Gasteiger partial charge is 0.378 e. The lowest BCUT2D eigenvalue weighted by Crippen LogP contribution is -2.36. The Morgan fingerprint density at radius 1 is 1.21 bits per heavy atom. The van der Waals surface area contributed by atoms with Gasteiger partial charge in [-0.15, -0.1) is 0 Å². The molecule has 0 aliphatic carbocycles. The van der Waals surface area contributed by atoms with Gasteiger partial charge < -0.3 is 9.64 Å². The first kappa shape index (κ1) is 16.7. The van der Waals surface area contributed by atoms with Crippen LogP contribution >= 0.6 is 0 Å². The molecule has 0 saturated carbocycles. The number of benzene rings is 1. The lowest BCUT2D eigenvalue weighted by Gasteiger charge is -2.27. The third kappa shape index (κ3) is 3.65. The van der Waals surface area contributed by atoms with Crippen molar-refractivity contribution in [1.29, 1.82) is 0 Å². The van der Waals surface area contributed by atoms with Gasteiger partial charge in [-0.05, 0) is 42.8 Å². The van der Waals surface area contributed by atoms with E-state index in [1.165, 1.54) is 18.3 Å². The van der Waals surface area contributed by atoms with Gasteiger partial charge >= 0.3 is 0 Å². The van der Waals surface area contributed by atoms with Crippen LogP contribution in [0.1, 0.15) is 5.56 Å². The average molecular weight is 351 g/mol. The van der Waals surface area contributed by atoms with Gasteiger partial charge in [0.15, 0.2) is 0 Å². The van der Waals surface area contributed by atoms with E-state index in [0.717, 1.165) is 25.0 Å². The van der Waals surface area contributed by atoms with Gasteiger partial charge in [-0.25, -0.2) is 17.8 Å².